The van der Waals surface area contributed by atoms with Crippen molar-refractivity contribution in [2.45, 2.75) is 18.4 Å². The number of ether oxygens (including phenoxy) is 1. The highest BCUT2D eigenvalue weighted by atomic mass is 32.2. The van der Waals surface area contributed by atoms with Gasteiger partial charge in [-0.2, -0.15) is 0 Å². The van der Waals surface area contributed by atoms with Crippen molar-refractivity contribution in [3.8, 4) is 0 Å². The van der Waals surface area contributed by atoms with Crippen molar-refractivity contribution in [2.75, 3.05) is 13.7 Å². The lowest BCUT2D eigenvalue weighted by molar-refractivity contribution is 0.0589. The largest absolute Gasteiger partial charge is 0.464 e. The lowest BCUT2D eigenvalue weighted by Gasteiger charge is -2.09. The summed E-state index contributed by atoms with van der Waals surface area (Å²) in [6, 6.07) is 4.02. The Bertz CT molecular complexity index is 913. The Morgan fingerprint density at radius 2 is 2.12 bits per heavy atom. The van der Waals surface area contributed by atoms with Crippen LogP contribution >= 0.6 is 0 Å². The van der Waals surface area contributed by atoms with Gasteiger partial charge in [0.1, 0.15) is 11.5 Å². The van der Waals surface area contributed by atoms with Crippen LogP contribution in [0.1, 0.15) is 22.0 Å². The number of carbonyl (C=O) groups excluding carboxylic acids is 1. The van der Waals surface area contributed by atoms with E-state index in [1.54, 1.807) is 6.92 Å². The number of aryl methyl sites for hydroxylation is 1. The molecule has 0 saturated heterocycles. The first-order valence-corrected chi connectivity index (χ1v) is 8.53. The molecule has 24 heavy (non-hydrogen) atoms. The summed E-state index contributed by atoms with van der Waals surface area (Å²) in [6.45, 7) is 1.71. The highest BCUT2D eigenvalue weighted by Gasteiger charge is 2.22. The number of hydrogen-bond donors (Lipinski definition) is 2. The van der Waals surface area contributed by atoms with Crippen LogP contribution < -0.4 is 10.3 Å². The number of H-pyrrole nitrogens is 1. The van der Waals surface area contributed by atoms with E-state index < -0.39 is 16.0 Å². The molecule has 2 aromatic rings. The van der Waals surface area contributed by atoms with E-state index in [9.17, 15) is 18.0 Å². The molecule has 9 nitrogen and oxygen atoms in total. The van der Waals surface area contributed by atoms with Gasteiger partial charge < -0.3 is 14.3 Å². The fourth-order valence-electron chi connectivity index (χ4n) is 2.23. The van der Waals surface area contributed by atoms with Gasteiger partial charge in [0.05, 0.1) is 7.11 Å². The summed E-state index contributed by atoms with van der Waals surface area (Å²) in [5, 5.41) is -0.0575. The van der Waals surface area contributed by atoms with Crippen LogP contribution in [0.25, 0.3) is 0 Å². The second-order valence-corrected chi connectivity index (χ2v) is 6.79. The standard InChI is InChI=1S/C14H18N4O5S/c1-9-16-10(8-12(19)17-9)6-7-15-24(21,22)13-5-4-11(18(13)2)14(20)23-3/h4-5,8,15H,6-7H2,1-3H3,(H,16,17,19). The second-order valence-electron chi connectivity index (χ2n) is 5.08. The Balaban J connectivity index is 2.10. The molecule has 0 aliphatic carbocycles. The molecule has 0 aliphatic rings. The average molecular weight is 354 g/mol. The number of nitrogens with zero attached hydrogens (tertiary/aromatic N) is 2. The highest BCUT2D eigenvalue weighted by molar-refractivity contribution is 7.89. The van der Waals surface area contributed by atoms with Gasteiger partial charge in [-0.25, -0.2) is 22.9 Å². The Morgan fingerprint density at radius 1 is 1.42 bits per heavy atom. The molecule has 2 N–H and O–H groups in total. The first-order chi connectivity index (χ1) is 11.2. The van der Waals surface area contributed by atoms with E-state index in [0.29, 0.717) is 11.5 Å². The first kappa shape index (κ1) is 17.9. The lowest BCUT2D eigenvalue weighted by atomic mass is 10.3. The molecule has 130 valence electrons. The van der Waals surface area contributed by atoms with Gasteiger partial charge in [0.15, 0.2) is 5.03 Å². The lowest BCUT2D eigenvalue weighted by Crippen LogP contribution is -2.28. The minimum absolute atomic E-state index is 0.0575. The SMILES string of the molecule is COC(=O)c1ccc(S(=O)(=O)NCCc2cc(=O)[nH]c(C)n2)n1C. The summed E-state index contributed by atoms with van der Waals surface area (Å²) in [5.74, 6) is -0.160. The molecule has 0 amide bonds. The predicted octanol–water partition coefficient (Wildman–Crippen LogP) is -0.276. The third-order valence-corrected chi connectivity index (χ3v) is 4.88. The third-order valence-electron chi connectivity index (χ3n) is 3.33. The van der Waals surface area contributed by atoms with Crippen LogP contribution in [-0.2, 0) is 28.2 Å². The summed E-state index contributed by atoms with van der Waals surface area (Å²) in [4.78, 5) is 29.5. The van der Waals surface area contributed by atoms with Crippen LogP contribution in [0.4, 0.5) is 0 Å². The quantitative estimate of drug-likeness (QED) is 0.688. The molecule has 0 radical (unpaired) electrons. The normalized spacial score (nSPS) is 11.5. The van der Waals surface area contributed by atoms with Crippen molar-refractivity contribution < 1.29 is 17.9 Å². The molecule has 0 aromatic carbocycles. The van der Waals surface area contributed by atoms with Crippen LogP contribution in [0.3, 0.4) is 0 Å². The number of nitrogens with one attached hydrogen (secondary N) is 2. The van der Waals surface area contributed by atoms with E-state index in [0.717, 1.165) is 0 Å². The molecule has 2 aromatic heterocycles. The monoisotopic (exact) mass is 354 g/mol. The summed E-state index contributed by atoms with van der Waals surface area (Å²) in [6.07, 6.45) is 0.262. The highest BCUT2D eigenvalue weighted by Crippen LogP contribution is 2.14. The van der Waals surface area contributed by atoms with Gasteiger partial charge in [0, 0.05) is 31.8 Å². The molecule has 0 saturated carbocycles. The molecule has 0 atom stereocenters. The number of rotatable bonds is 6. The zero-order valence-electron chi connectivity index (χ0n) is 13.5. The van der Waals surface area contributed by atoms with Gasteiger partial charge in [0.25, 0.3) is 15.6 Å². The maximum Gasteiger partial charge on any atom is 0.354 e. The predicted molar refractivity (Wildman–Crippen MR) is 85.2 cm³/mol. The van der Waals surface area contributed by atoms with Gasteiger partial charge >= 0.3 is 5.97 Å². The summed E-state index contributed by atoms with van der Waals surface area (Å²) < 4.78 is 32.9. The van der Waals surface area contributed by atoms with E-state index in [4.69, 9.17) is 0 Å². The van der Waals surface area contributed by atoms with E-state index in [-0.39, 0.29) is 29.2 Å². The van der Waals surface area contributed by atoms with Crippen LogP contribution in [0.5, 0.6) is 0 Å². The van der Waals surface area contributed by atoms with E-state index in [2.05, 4.69) is 19.4 Å². The first-order valence-electron chi connectivity index (χ1n) is 7.05. The fraction of sp³-hybridized carbons (Fsp3) is 0.357. The summed E-state index contributed by atoms with van der Waals surface area (Å²) >= 11 is 0. The topological polar surface area (TPSA) is 123 Å². The van der Waals surface area contributed by atoms with Gasteiger partial charge in [-0.15, -0.1) is 0 Å². The number of methoxy groups -OCH3 is 1. The zero-order chi connectivity index (χ0) is 17.9. The van der Waals surface area contributed by atoms with Gasteiger partial charge in [-0.05, 0) is 19.1 Å². The Hall–Kier alpha value is -2.46. The number of aromatic nitrogens is 3. The molecule has 0 aliphatic heterocycles. The van der Waals surface area contributed by atoms with E-state index in [1.165, 1.54) is 36.9 Å². The van der Waals surface area contributed by atoms with Crippen molar-refractivity contribution in [3.05, 3.63) is 45.8 Å². The van der Waals surface area contributed by atoms with Crippen LogP contribution in [0, 0.1) is 6.92 Å². The van der Waals surface area contributed by atoms with E-state index in [1.807, 2.05) is 0 Å². The Labute approximate surface area is 138 Å². The fourth-order valence-corrected chi connectivity index (χ4v) is 3.45. The molecule has 2 rings (SSSR count). The molecule has 0 spiro atoms. The maximum absolute atomic E-state index is 12.3. The maximum atomic E-state index is 12.3. The van der Waals surface area contributed by atoms with Crippen LogP contribution in [0.2, 0.25) is 0 Å². The minimum Gasteiger partial charge on any atom is -0.464 e. The molecule has 10 heteroatoms. The smallest absolute Gasteiger partial charge is 0.354 e. The van der Waals surface area contributed by atoms with Gasteiger partial charge in [0.2, 0.25) is 0 Å². The number of esters is 1. The molecule has 0 unspecified atom stereocenters. The zero-order valence-corrected chi connectivity index (χ0v) is 14.3. The second kappa shape index (κ2) is 6.97. The molecular formula is C14H18N4O5S. The minimum atomic E-state index is -3.81. The van der Waals surface area contributed by atoms with Gasteiger partial charge in [-0.3, -0.25) is 4.79 Å². The van der Waals surface area contributed by atoms with Crippen LogP contribution in [0.15, 0.2) is 28.0 Å². The van der Waals surface area contributed by atoms with E-state index >= 15 is 0 Å². The molecule has 2 heterocycles. The Morgan fingerprint density at radius 3 is 2.75 bits per heavy atom. The average Bonchev–Trinajstić information content (AvgIpc) is 2.88. The molecule has 0 fully saturated rings. The summed E-state index contributed by atoms with van der Waals surface area (Å²) in [5.41, 5.74) is 0.330. The van der Waals surface area contributed by atoms with Crippen molar-refractivity contribution in [1.82, 2.24) is 19.3 Å². The van der Waals surface area contributed by atoms with Crippen molar-refractivity contribution in [2.24, 2.45) is 7.05 Å². The van der Waals surface area contributed by atoms with Crippen molar-refractivity contribution in [3.63, 3.8) is 0 Å². The van der Waals surface area contributed by atoms with Crippen LogP contribution in [-0.4, -0.2) is 42.6 Å². The molecule has 0 bridgehead atoms. The van der Waals surface area contributed by atoms with Crippen molar-refractivity contribution >= 4 is 16.0 Å². The third kappa shape index (κ3) is 3.89. The number of aromatic amines is 1. The number of carbonyl (C=O) groups is 1. The molecular weight excluding hydrogens is 336 g/mol. The van der Waals surface area contributed by atoms with Crippen molar-refractivity contribution in [1.29, 1.82) is 0 Å². The number of hydrogen-bond acceptors (Lipinski definition) is 6. The summed E-state index contributed by atoms with van der Waals surface area (Å²) in [7, 11) is -1.13. The van der Waals surface area contributed by atoms with Gasteiger partial charge in [-0.1, -0.05) is 0 Å². The Kier molecular flexibility index (Phi) is 5.20. The number of sulfonamides is 1.